The van der Waals surface area contributed by atoms with E-state index in [1.54, 1.807) is 0 Å². The van der Waals surface area contributed by atoms with Gasteiger partial charge in [-0.3, -0.25) is 0 Å². The molecule has 1 fully saturated rings. The van der Waals surface area contributed by atoms with Gasteiger partial charge in [-0.15, -0.1) is 0 Å². The Balaban J connectivity index is 2.13. The molecule has 0 aliphatic carbocycles. The minimum absolute atomic E-state index is 0.0438. The molecule has 15 heavy (non-hydrogen) atoms. The van der Waals surface area contributed by atoms with Gasteiger partial charge >= 0.3 is 0 Å². The van der Waals surface area contributed by atoms with E-state index in [2.05, 4.69) is 0 Å². The zero-order valence-corrected chi connectivity index (χ0v) is 9.70. The molecule has 1 heterocycles. The summed E-state index contributed by atoms with van der Waals surface area (Å²) in [6.45, 7) is 4.86. The van der Waals surface area contributed by atoms with Crippen LogP contribution in [0, 0.1) is 0 Å². The molecule has 3 heteroatoms. The van der Waals surface area contributed by atoms with Crippen LogP contribution in [0.5, 0.6) is 0 Å². The molecule has 1 aromatic carbocycles. The van der Waals surface area contributed by atoms with Gasteiger partial charge in [0.05, 0.1) is 12.7 Å². The minimum atomic E-state index is 0.0438. The van der Waals surface area contributed by atoms with Crippen LogP contribution >= 0.6 is 11.6 Å². The second-order valence-electron chi connectivity index (χ2n) is 4.03. The van der Waals surface area contributed by atoms with E-state index in [0.717, 1.165) is 17.2 Å². The Morgan fingerprint density at radius 1 is 1.33 bits per heavy atom. The number of ether oxygens (including phenoxy) is 2. The van der Waals surface area contributed by atoms with Gasteiger partial charge in [0.15, 0.2) is 0 Å². The predicted molar refractivity (Wildman–Crippen MR) is 60.2 cm³/mol. The van der Waals surface area contributed by atoms with Gasteiger partial charge in [-0.25, -0.2) is 0 Å². The molecule has 82 valence electrons. The first-order valence-corrected chi connectivity index (χ1v) is 5.57. The number of benzene rings is 1. The lowest BCUT2D eigenvalue weighted by Crippen LogP contribution is -2.15. The Kier molecular flexibility index (Phi) is 3.29. The molecule has 0 aromatic heterocycles. The maximum absolute atomic E-state index is 5.85. The summed E-state index contributed by atoms with van der Waals surface area (Å²) in [6.07, 6.45) is 0.464. The third-order valence-electron chi connectivity index (χ3n) is 2.31. The summed E-state index contributed by atoms with van der Waals surface area (Å²) < 4.78 is 11.1. The van der Waals surface area contributed by atoms with Gasteiger partial charge in [-0.1, -0.05) is 23.7 Å². The summed E-state index contributed by atoms with van der Waals surface area (Å²) in [5.74, 6) is 0. The van der Waals surface area contributed by atoms with Crippen LogP contribution in [-0.4, -0.2) is 18.8 Å². The second-order valence-corrected chi connectivity index (χ2v) is 4.47. The lowest BCUT2D eigenvalue weighted by Gasteiger charge is -2.19. The Labute approximate surface area is 95.1 Å². The van der Waals surface area contributed by atoms with Crippen LogP contribution in [0.25, 0.3) is 0 Å². The van der Waals surface area contributed by atoms with E-state index in [1.165, 1.54) is 0 Å². The molecule has 2 nitrogen and oxygen atoms in total. The van der Waals surface area contributed by atoms with Crippen LogP contribution in [0.4, 0.5) is 0 Å². The van der Waals surface area contributed by atoms with E-state index in [-0.39, 0.29) is 18.3 Å². The first-order chi connectivity index (χ1) is 7.16. The van der Waals surface area contributed by atoms with Gasteiger partial charge in [0.25, 0.3) is 0 Å². The maximum atomic E-state index is 5.85. The van der Waals surface area contributed by atoms with Crippen molar-refractivity contribution in [3.8, 4) is 0 Å². The number of hydrogen-bond acceptors (Lipinski definition) is 2. The molecule has 1 saturated heterocycles. The van der Waals surface area contributed by atoms with Crippen molar-refractivity contribution in [1.82, 2.24) is 0 Å². The molecule has 2 atom stereocenters. The van der Waals surface area contributed by atoms with Gasteiger partial charge in [0.1, 0.15) is 12.2 Å². The summed E-state index contributed by atoms with van der Waals surface area (Å²) in [5.41, 5.74) is 1.13. The van der Waals surface area contributed by atoms with Crippen molar-refractivity contribution in [2.24, 2.45) is 0 Å². The van der Waals surface area contributed by atoms with Gasteiger partial charge in [0.2, 0.25) is 0 Å². The average molecular weight is 227 g/mol. The third kappa shape index (κ3) is 2.94. The van der Waals surface area contributed by atoms with Gasteiger partial charge in [0, 0.05) is 5.02 Å². The SMILES string of the molecule is CC(C)OC(c1ccc(Cl)cc1)C1CO1. The molecular formula is C12H15ClO2. The van der Waals surface area contributed by atoms with Crippen LogP contribution in [0.15, 0.2) is 24.3 Å². The Bertz CT molecular complexity index is 317. The molecule has 0 bridgehead atoms. The normalized spacial score (nSPS) is 21.7. The minimum Gasteiger partial charge on any atom is -0.370 e. The van der Waals surface area contributed by atoms with Crippen molar-refractivity contribution in [1.29, 1.82) is 0 Å². The number of halogens is 1. The topological polar surface area (TPSA) is 21.8 Å². The highest BCUT2D eigenvalue weighted by molar-refractivity contribution is 6.30. The zero-order chi connectivity index (χ0) is 10.8. The Hall–Kier alpha value is -0.570. The molecule has 1 aromatic rings. The van der Waals surface area contributed by atoms with E-state index in [0.29, 0.717) is 0 Å². The number of epoxide rings is 1. The molecular weight excluding hydrogens is 212 g/mol. The fourth-order valence-electron chi connectivity index (χ4n) is 1.56. The average Bonchev–Trinajstić information content (AvgIpc) is 2.99. The van der Waals surface area contributed by atoms with Crippen LogP contribution in [0.2, 0.25) is 5.02 Å². The van der Waals surface area contributed by atoms with E-state index in [9.17, 15) is 0 Å². The predicted octanol–water partition coefficient (Wildman–Crippen LogP) is 3.20. The van der Waals surface area contributed by atoms with Gasteiger partial charge in [-0.05, 0) is 31.5 Å². The molecule has 0 N–H and O–H groups in total. The largest absolute Gasteiger partial charge is 0.370 e. The molecule has 0 spiro atoms. The standard InChI is InChI=1S/C12H15ClO2/c1-8(2)15-12(11-7-14-11)9-3-5-10(13)6-4-9/h3-6,8,11-12H,7H2,1-2H3. The highest BCUT2D eigenvalue weighted by Crippen LogP contribution is 2.32. The smallest absolute Gasteiger partial charge is 0.111 e. The summed E-state index contributed by atoms with van der Waals surface area (Å²) in [5, 5.41) is 0.749. The van der Waals surface area contributed by atoms with Crippen molar-refractivity contribution in [2.45, 2.75) is 32.2 Å². The van der Waals surface area contributed by atoms with Gasteiger partial charge in [-0.2, -0.15) is 0 Å². The second kappa shape index (κ2) is 4.52. The highest BCUT2D eigenvalue weighted by atomic mass is 35.5. The summed E-state index contributed by atoms with van der Waals surface area (Å²) >= 11 is 5.85. The quantitative estimate of drug-likeness (QED) is 0.736. The van der Waals surface area contributed by atoms with Gasteiger partial charge < -0.3 is 9.47 Å². The maximum Gasteiger partial charge on any atom is 0.111 e. The van der Waals surface area contributed by atoms with Crippen LogP contribution < -0.4 is 0 Å². The highest BCUT2D eigenvalue weighted by Gasteiger charge is 2.35. The van der Waals surface area contributed by atoms with Crippen molar-refractivity contribution in [3.05, 3.63) is 34.9 Å². The Morgan fingerprint density at radius 3 is 2.40 bits per heavy atom. The Morgan fingerprint density at radius 2 is 1.93 bits per heavy atom. The van der Waals surface area contributed by atoms with Crippen molar-refractivity contribution < 1.29 is 9.47 Å². The molecule has 1 aliphatic heterocycles. The molecule has 0 saturated carbocycles. The van der Waals surface area contributed by atoms with E-state index in [4.69, 9.17) is 21.1 Å². The number of hydrogen-bond donors (Lipinski definition) is 0. The lowest BCUT2D eigenvalue weighted by atomic mass is 10.1. The first kappa shape index (κ1) is 10.9. The van der Waals surface area contributed by atoms with Crippen molar-refractivity contribution >= 4 is 11.6 Å². The van der Waals surface area contributed by atoms with Crippen molar-refractivity contribution in [3.63, 3.8) is 0 Å². The third-order valence-corrected chi connectivity index (χ3v) is 2.57. The molecule has 2 unspecified atom stereocenters. The summed E-state index contributed by atoms with van der Waals surface area (Å²) in [7, 11) is 0. The van der Waals surface area contributed by atoms with E-state index in [1.807, 2.05) is 38.1 Å². The van der Waals surface area contributed by atoms with Crippen LogP contribution in [0.1, 0.15) is 25.5 Å². The molecule has 2 rings (SSSR count). The summed E-state index contributed by atoms with van der Waals surface area (Å²) in [6, 6.07) is 7.76. The van der Waals surface area contributed by atoms with Crippen molar-refractivity contribution in [2.75, 3.05) is 6.61 Å². The monoisotopic (exact) mass is 226 g/mol. The number of rotatable bonds is 4. The molecule has 0 amide bonds. The fraction of sp³-hybridized carbons (Fsp3) is 0.500. The molecule has 1 aliphatic rings. The lowest BCUT2D eigenvalue weighted by molar-refractivity contribution is -0.00928. The fourth-order valence-corrected chi connectivity index (χ4v) is 1.68. The van der Waals surface area contributed by atoms with E-state index >= 15 is 0 Å². The van der Waals surface area contributed by atoms with Crippen LogP contribution in [0.3, 0.4) is 0 Å². The first-order valence-electron chi connectivity index (χ1n) is 5.19. The van der Waals surface area contributed by atoms with E-state index < -0.39 is 0 Å². The van der Waals surface area contributed by atoms with Crippen LogP contribution in [-0.2, 0) is 9.47 Å². The summed E-state index contributed by atoms with van der Waals surface area (Å²) in [4.78, 5) is 0. The zero-order valence-electron chi connectivity index (χ0n) is 8.94. The molecule has 0 radical (unpaired) electrons.